The van der Waals surface area contributed by atoms with Crippen molar-refractivity contribution in [3.8, 4) is 11.8 Å². The van der Waals surface area contributed by atoms with Crippen molar-refractivity contribution in [3.05, 3.63) is 94.5 Å². The van der Waals surface area contributed by atoms with Crippen LogP contribution in [0, 0.1) is 11.3 Å². The van der Waals surface area contributed by atoms with Crippen molar-refractivity contribution >= 4 is 44.9 Å². The summed E-state index contributed by atoms with van der Waals surface area (Å²) in [6, 6.07) is 27.2. The van der Waals surface area contributed by atoms with E-state index in [1.54, 1.807) is 0 Å². The van der Waals surface area contributed by atoms with Crippen LogP contribution in [0.5, 0.6) is 0 Å². The predicted molar refractivity (Wildman–Crippen MR) is 141 cm³/mol. The first-order valence-corrected chi connectivity index (χ1v) is 12.1. The summed E-state index contributed by atoms with van der Waals surface area (Å²) in [6.45, 7) is 9.56. The molecule has 2 nitrogen and oxygen atoms in total. The molecule has 0 unspecified atom stereocenters. The highest BCUT2D eigenvalue weighted by atomic mass is 15.0. The zero-order valence-corrected chi connectivity index (χ0v) is 19.8. The number of para-hydroxylation sites is 1. The molecule has 0 saturated heterocycles. The zero-order valence-electron chi connectivity index (χ0n) is 19.8. The maximum absolute atomic E-state index is 9.95. The van der Waals surface area contributed by atoms with Gasteiger partial charge in [0.25, 0.3) is 0 Å². The number of hydrogen-bond donors (Lipinski definition) is 0. The van der Waals surface area contributed by atoms with Gasteiger partial charge in [-0.25, -0.2) is 0 Å². The lowest BCUT2D eigenvalue weighted by Crippen LogP contribution is -2.68. The Labute approximate surface area is 199 Å². The van der Waals surface area contributed by atoms with Crippen LogP contribution in [-0.4, -0.2) is 11.3 Å². The average Bonchev–Trinajstić information content (AvgIpc) is 3.18. The Morgan fingerprint density at radius 1 is 0.706 bits per heavy atom. The van der Waals surface area contributed by atoms with Crippen LogP contribution in [0.2, 0.25) is 0 Å². The topological polar surface area (TPSA) is 28.7 Å². The third kappa shape index (κ3) is 1.79. The normalized spacial score (nSPS) is 17.2. The largest absolute Gasteiger partial charge is 0.310 e. The molecule has 160 valence electrons. The van der Waals surface area contributed by atoms with E-state index in [0.717, 1.165) is 5.56 Å². The van der Waals surface area contributed by atoms with Gasteiger partial charge in [-0.15, -0.1) is 0 Å². The SMILES string of the molecule is CC1(C)c2cccc3c2B2c4c1cc(C#N)cc4C(C)(C)c1ccc4c5ccccc5n-3c4c12. The van der Waals surface area contributed by atoms with E-state index in [9.17, 15) is 5.26 Å². The Morgan fingerprint density at radius 2 is 1.41 bits per heavy atom. The molecule has 0 saturated carbocycles. The second-order valence-electron chi connectivity index (χ2n) is 11.3. The Hall–Kier alpha value is -3.77. The summed E-state index contributed by atoms with van der Waals surface area (Å²) in [5.74, 6) is 0. The van der Waals surface area contributed by atoms with Crippen LogP contribution in [0.1, 0.15) is 55.5 Å². The second kappa shape index (κ2) is 5.48. The summed E-state index contributed by atoms with van der Waals surface area (Å²) in [6.07, 6.45) is 0. The minimum atomic E-state index is -0.182. The number of rotatable bonds is 0. The molecule has 0 N–H and O–H groups in total. The summed E-state index contributed by atoms with van der Waals surface area (Å²) in [7, 11) is 0. The summed E-state index contributed by atoms with van der Waals surface area (Å²) in [5, 5.41) is 12.6. The van der Waals surface area contributed by atoms with Crippen molar-refractivity contribution in [2.45, 2.75) is 38.5 Å². The number of benzene rings is 4. The lowest BCUT2D eigenvalue weighted by Gasteiger charge is -2.48. The van der Waals surface area contributed by atoms with E-state index in [-0.39, 0.29) is 17.5 Å². The minimum absolute atomic E-state index is 0.180. The summed E-state index contributed by atoms with van der Waals surface area (Å²) in [4.78, 5) is 0. The minimum Gasteiger partial charge on any atom is -0.310 e. The molecule has 0 bridgehead atoms. The predicted octanol–water partition coefficient (Wildman–Crippen LogP) is 4.76. The molecule has 0 aliphatic carbocycles. The first kappa shape index (κ1) is 18.6. The number of aromatic nitrogens is 1. The van der Waals surface area contributed by atoms with Gasteiger partial charge in [-0.05, 0) is 57.4 Å². The van der Waals surface area contributed by atoms with Crippen molar-refractivity contribution < 1.29 is 0 Å². The van der Waals surface area contributed by atoms with Gasteiger partial charge in [0, 0.05) is 32.8 Å². The fraction of sp³-hybridized carbons (Fsp3) is 0.194. The highest BCUT2D eigenvalue weighted by Crippen LogP contribution is 2.45. The van der Waals surface area contributed by atoms with Crippen molar-refractivity contribution in [2.75, 3.05) is 0 Å². The smallest absolute Gasteiger partial charge is 0.248 e. The molecular weight excluding hydrogens is 411 g/mol. The summed E-state index contributed by atoms with van der Waals surface area (Å²) >= 11 is 0. The number of hydrogen-bond acceptors (Lipinski definition) is 1. The summed E-state index contributed by atoms with van der Waals surface area (Å²) in [5.41, 5.74) is 14.1. The van der Waals surface area contributed by atoms with Crippen LogP contribution in [0.4, 0.5) is 0 Å². The van der Waals surface area contributed by atoms with Crippen LogP contribution in [0.25, 0.3) is 27.5 Å². The molecule has 5 aromatic rings. The molecule has 3 aliphatic rings. The lowest BCUT2D eigenvalue weighted by molar-refractivity contribution is 0.621. The van der Waals surface area contributed by atoms with E-state index in [0.29, 0.717) is 0 Å². The fourth-order valence-electron chi connectivity index (χ4n) is 7.55. The third-order valence-electron chi connectivity index (χ3n) is 9.07. The van der Waals surface area contributed by atoms with Crippen LogP contribution in [-0.2, 0) is 10.8 Å². The molecule has 8 rings (SSSR count). The quantitative estimate of drug-likeness (QED) is 0.317. The van der Waals surface area contributed by atoms with Gasteiger partial charge in [-0.1, -0.05) is 75.6 Å². The van der Waals surface area contributed by atoms with E-state index in [1.807, 2.05) is 0 Å². The Morgan fingerprint density at radius 3 is 2.15 bits per heavy atom. The first-order chi connectivity index (χ1) is 16.4. The van der Waals surface area contributed by atoms with Crippen molar-refractivity contribution in [2.24, 2.45) is 0 Å². The molecule has 0 radical (unpaired) electrons. The summed E-state index contributed by atoms with van der Waals surface area (Å²) < 4.78 is 2.53. The Bertz CT molecular complexity index is 1810. The van der Waals surface area contributed by atoms with Gasteiger partial charge in [-0.2, -0.15) is 5.26 Å². The maximum Gasteiger partial charge on any atom is 0.248 e. The van der Waals surface area contributed by atoms with E-state index in [2.05, 4.69) is 105 Å². The molecule has 0 spiro atoms. The number of nitriles is 1. The molecule has 0 amide bonds. The average molecular weight is 434 g/mol. The second-order valence-corrected chi connectivity index (χ2v) is 11.3. The van der Waals surface area contributed by atoms with E-state index >= 15 is 0 Å². The van der Waals surface area contributed by atoms with Crippen molar-refractivity contribution in [1.29, 1.82) is 5.26 Å². The highest BCUT2D eigenvalue weighted by molar-refractivity contribution is 7.00. The van der Waals surface area contributed by atoms with Crippen molar-refractivity contribution in [1.82, 2.24) is 4.57 Å². The molecule has 3 aliphatic heterocycles. The molecule has 1 aromatic heterocycles. The van der Waals surface area contributed by atoms with E-state index in [4.69, 9.17) is 0 Å². The van der Waals surface area contributed by atoms with Gasteiger partial charge in [0.15, 0.2) is 0 Å². The highest BCUT2D eigenvalue weighted by Gasteiger charge is 2.51. The van der Waals surface area contributed by atoms with Gasteiger partial charge in [-0.3, -0.25) is 0 Å². The van der Waals surface area contributed by atoms with Gasteiger partial charge in [0.1, 0.15) is 0 Å². The standard InChI is InChI=1S/C31H23BN2/c1-30(2)20-9-7-11-25-27(20)32-26-22(30)14-17(16-33)15-23(26)31(3,4)21-13-12-19-18-8-5-6-10-24(18)34(25)29(19)28(21)32/h5-15H,1-4H3. The molecule has 3 heteroatoms. The van der Waals surface area contributed by atoms with Crippen LogP contribution in [0.15, 0.2) is 66.7 Å². The van der Waals surface area contributed by atoms with Gasteiger partial charge < -0.3 is 4.57 Å². The molecule has 0 fully saturated rings. The van der Waals surface area contributed by atoms with Gasteiger partial charge >= 0.3 is 0 Å². The fourth-order valence-corrected chi connectivity index (χ4v) is 7.55. The first-order valence-electron chi connectivity index (χ1n) is 12.1. The van der Waals surface area contributed by atoms with Gasteiger partial charge in [0.05, 0.1) is 17.1 Å². The Kier molecular flexibility index (Phi) is 3.00. The Balaban J connectivity index is 1.71. The molecular formula is C31H23BN2. The van der Waals surface area contributed by atoms with Crippen molar-refractivity contribution in [3.63, 3.8) is 0 Å². The van der Waals surface area contributed by atoms with E-state index in [1.165, 1.54) is 66.1 Å². The lowest BCUT2D eigenvalue weighted by atomic mass is 9.26. The number of fused-ring (bicyclic) bond motifs is 4. The van der Waals surface area contributed by atoms with Crippen LogP contribution < -0.4 is 16.4 Å². The van der Waals surface area contributed by atoms with Crippen LogP contribution >= 0.6 is 0 Å². The molecule has 4 aromatic carbocycles. The molecule has 4 heterocycles. The zero-order chi connectivity index (χ0) is 23.1. The molecule has 0 atom stereocenters. The van der Waals surface area contributed by atoms with E-state index < -0.39 is 0 Å². The maximum atomic E-state index is 9.95. The van der Waals surface area contributed by atoms with Crippen LogP contribution in [0.3, 0.4) is 0 Å². The third-order valence-corrected chi connectivity index (χ3v) is 9.07. The number of nitrogens with zero attached hydrogens (tertiary/aromatic N) is 2. The monoisotopic (exact) mass is 434 g/mol. The molecule has 34 heavy (non-hydrogen) atoms. The van der Waals surface area contributed by atoms with Gasteiger partial charge in [0.2, 0.25) is 6.71 Å².